The van der Waals surface area contributed by atoms with Crippen LogP contribution in [0.2, 0.25) is 0 Å². The standard InChI is InChI=1S/C21H32O2/c1-2-3-4-5-6-7-8-9-10-11-12-13-14-15-19-16-20(22)18-21(23)17-19/h10-11,13-14,16-18,22-23H,2-9,12,15H2,1H3. The van der Waals surface area contributed by atoms with E-state index in [-0.39, 0.29) is 11.5 Å². The average molecular weight is 316 g/mol. The second kappa shape index (κ2) is 12.8. The van der Waals surface area contributed by atoms with Gasteiger partial charge in [0.2, 0.25) is 0 Å². The third-order valence-corrected chi connectivity index (χ3v) is 3.90. The van der Waals surface area contributed by atoms with E-state index in [2.05, 4.69) is 31.2 Å². The molecule has 1 rings (SSSR count). The van der Waals surface area contributed by atoms with Gasteiger partial charge in [0.1, 0.15) is 11.5 Å². The maximum absolute atomic E-state index is 9.40. The third-order valence-electron chi connectivity index (χ3n) is 3.90. The molecule has 0 fully saturated rings. The van der Waals surface area contributed by atoms with Gasteiger partial charge in [-0.1, -0.05) is 69.8 Å². The lowest BCUT2D eigenvalue weighted by Crippen LogP contribution is -1.80. The summed E-state index contributed by atoms with van der Waals surface area (Å²) in [6, 6.07) is 4.71. The number of allylic oxidation sites excluding steroid dienone is 4. The van der Waals surface area contributed by atoms with Crippen LogP contribution < -0.4 is 0 Å². The Morgan fingerprint density at radius 3 is 2.04 bits per heavy atom. The van der Waals surface area contributed by atoms with E-state index in [1.54, 1.807) is 12.1 Å². The van der Waals surface area contributed by atoms with Gasteiger partial charge in [-0.2, -0.15) is 0 Å². The Kier molecular flexibility index (Phi) is 10.8. The average Bonchev–Trinajstić information content (AvgIpc) is 2.51. The molecule has 2 heteroatoms. The Morgan fingerprint density at radius 1 is 0.739 bits per heavy atom. The molecule has 0 amide bonds. The summed E-state index contributed by atoms with van der Waals surface area (Å²) in [6.45, 7) is 2.26. The Hall–Kier alpha value is -1.70. The van der Waals surface area contributed by atoms with Crippen molar-refractivity contribution in [1.29, 1.82) is 0 Å². The zero-order valence-corrected chi connectivity index (χ0v) is 14.5. The van der Waals surface area contributed by atoms with Crippen molar-refractivity contribution in [1.82, 2.24) is 0 Å². The van der Waals surface area contributed by atoms with E-state index in [9.17, 15) is 10.2 Å². The van der Waals surface area contributed by atoms with Crippen molar-refractivity contribution in [3.63, 3.8) is 0 Å². The molecule has 0 unspecified atom stereocenters. The molecule has 0 aliphatic carbocycles. The molecular formula is C21H32O2. The molecule has 23 heavy (non-hydrogen) atoms. The van der Waals surface area contributed by atoms with Crippen molar-refractivity contribution < 1.29 is 10.2 Å². The van der Waals surface area contributed by atoms with Crippen LogP contribution >= 0.6 is 0 Å². The highest BCUT2D eigenvalue weighted by molar-refractivity contribution is 5.37. The number of aromatic hydroxyl groups is 2. The zero-order chi connectivity index (χ0) is 16.8. The van der Waals surface area contributed by atoms with Crippen molar-refractivity contribution in [2.45, 2.75) is 71.1 Å². The largest absolute Gasteiger partial charge is 0.508 e. The van der Waals surface area contributed by atoms with Crippen molar-refractivity contribution >= 4 is 0 Å². The van der Waals surface area contributed by atoms with Crippen molar-refractivity contribution in [3.8, 4) is 11.5 Å². The highest BCUT2D eigenvalue weighted by Gasteiger charge is 1.96. The van der Waals surface area contributed by atoms with E-state index in [0.29, 0.717) is 0 Å². The normalized spacial score (nSPS) is 11.7. The van der Waals surface area contributed by atoms with Crippen molar-refractivity contribution in [2.75, 3.05) is 0 Å². The van der Waals surface area contributed by atoms with Crippen LogP contribution in [-0.2, 0) is 6.42 Å². The second-order valence-corrected chi connectivity index (χ2v) is 6.15. The number of unbranched alkanes of at least 4 members (excludes halogenated alkanes) is 7. The summed E-state index contributed by atoms with van der Waals surface area (Å²) < 4.78 is 0. The number of phenols is 2. The molecule has 0 bridgehead atoms. The number of phenolic OH excluding ortho intramolecular Hbond substituents is 2. The molecule has 0 saturated carbocycles. The Labute approximate surface area is 141 Å². The van der Waals surface area contributed by atoms with Gasteiger partial charge in [-0.05, 0) is 43.4 Å². The van der Waals surface area contributed by atoms with Gasteiger partial charge in [-0.3, -0.25) is 0 Å². The van der Waals surface area contributed by atoms with Gasteiger partial charge in [-0.25, -0.2) is 0 Å². The first-order valence-electron chi connectivity index (χ1n) is 9.04. The molecule has 0 aliphatic rings. The summed E-state index contributed by atoms with van der Waals surface area (Å²) >= 11 is 0. The fraction of sp³-hybridized carbons (Fsp3) is 0.524. The quantitative estimate of drug-likeness (QED) is 0.352. The van der Waals surface area contributed by atoms with Gasteiger partial charge in [0, 0.05) is 6.07 Å². The smallest absolute Gasteiger partial charge is 0.119 e. The molecule has 0 saturated heterocycles. The zero-order valence-electron chi connectivity index (χ0n) is 14.5. The fourth-order valence-corrected chi connectivity index (χ4v) is 2.60. The molecule has 0 atom stereocenters. The molecule has 1 aromatic carbocycles. The fourth-order valence-electron chi connectivity index (χ4n) is 2.60. The number of rotatable bonds is 12. The molecule has 2 N–H and O–H groups in total. The second-order valence-electron chi connectivity index (χ2n) is 6.15. The molecular weight excluding hydrogens is 284 g/mol. The predicted octanol–water partition coefficient (Wildman–Crippen LogP) is 6.28. The number of hydrogen-bond donors (Lipinski definition) is 2. The van der Waals surface area contributed by atoms with Gasteiger partial charge in [0.25, 0.3) is 0 Å². The van der Waals surface area contributed by atoms with E-state index in [1.807, 2.05) is 0 Å². The first-order chi connectivity index (χ1) is 11.2. The minimum Gasteiger partial charge on any atom is -0.508 e. The van der Waals surface area contributed by atoms with Crippen molar-refractivity contribution in [2.24, 2.45) is 0 Å². The van der Waals surface area contributed by atoms with E-state index >= 15 is 0 Å². The summed E-state index contributed by atoms with van der Waals surface area (Å²) in [5.41, 5.74) is 0.922. The summed E-state index contributed by atoms with van der Waals surface area (Å²) in [5.74, 6) is 0.228. The molecule has 0 aliphatic heterocycles. The van der Waals surface area contributed by atoms with Crippen LogP contribution in [0.3, 0.4) is 0 Å². The lowest BCUT2D eigenvalue weighted by molar-refractivity contribution is 0.449. The summed E-state index contributed by atoms with van der Waals surface area (Å²) in [6.07, 6.45) is 21.1. The lowest BCUT2D eigenvalue weighted by Gasteiger charge is -1.99. The maximum atomic E-state index is 9.40. The summed E-state index contributed by atoms with van der Waals surface area (Å²) in [7, 11) is 0. The Balaban J connectivity index is 2.03. The topological polar surface area (TPSA) is 40.5 Å². The van der Waals surface area contributed by atoms with E-state index in [4.69, 9.17) is 0 Å². The molecule has 0 radical (unpaired) electrons. The van der Waals surface area contributed by atoms with Crippen molar-refractivity contribution in [3.05, 3.63) is 48.1 Å². The van der Waals surface area contributed by atoms with Crippen LogP contribution in [0.25, 0.3) is 0 Å². The first kappa shape index (κ1) is 19.3. The molecule has 0 aromatic heterocycles. The van der Waals surface area contributed by atoms with Gasteiger partial charge in [0.15, 0.2) is 0 Å². The number of hydrogen-bond acceptors (Lipinski definition) is 2. The highest BCUT2D eigenvalue weighted by atomic mass is 16.3. The van der Waals surface area contributed by atoms with Crippen LogP contribution in [0.4, 0.5) is 0 Å². The van der Waals surface area contributed by atoms with Crippen LogP contribution in [0.15, 0.2) is 42.5 Å². The molecule has 2 nitrogen and oxygen atoms in total. The SMILES string of the molecule is CCCCCCCCCC=CCC=CCc1cc(O)cc(O)c1. The minimum atomic E-state index is 0.114. The molecule has 0 heterocycles. The van der Waals surface area contributed by atoms with E-state index in [0.717, 1.165) is 18.4 Å². The summed E-state index contributed by atoms with van der Waals surface area (Å²) in [4.78, 5) is 0. The monoisotopic (exact) mass is 316 g/mol. The van der Waals surface area contributed by atoms with Gasteiger partial charge in [-0.15, -0.1) is 0 Å². The van der Waals surface area contributed by atoms with Gasteiger partial charge in [0.05, 0.1) is 0 Å². The first-order valence-corrected chi connectivity index (χ1v) is 9.04. The van der Waals surface area contributed by atoms with E-state index < -0.39 is 0 Å². The van der Waals surface area contributed by atoms with Crippen LogP contribution in [0.1, 0.15) is 70.3 Å². The highest BCUT2D eigenvalue weighted by Crippen LogP contribution is 2.20. The van der Waals surface area contributed by atoms with E-state index in [1.165, 1.54) is 57.4 Å². The minimum absolute atomic E-state index is 0.114. The Morgan fingerprint density at radius 2 is 1.35 bits per heavy atom. The molecule has 0 spiro atoms. The summed E-state index contributed by atoms with van der Waals surface area (Å²) in [5, 5.41) is 18.8. The number of benzene rings is 1. The van der Waals surface area contributed by atoms with Crippen LogP contribution in [0, 0.1) is 0 Å². The van der Waals surface area contributed by atoms with Gasteiger partial charge >= 0.3 is 0 Å². The maximum Gasteiger partial charge on any atom is 0.119 e. The Bertz CT molecular complexity index is 454. The molecule has 128 valence electrons. The lowest BCUT2D eigenvalue weighted by atomic mass is 10.1. The predicted molar refractivity (Wildman–Crippen MR) is 99.0 cm³/mol. The van der Waals surface area contributed by atoms with Gasteiger partial charge < -0.3 is 10.2 Å². The van der Waals surface area contributed by atoms with Crippen LogP contribution in [0.5, 0.6) is 11.5 Å². The third kappa shape index (κ3) is 10.6. The molecule has 1 aromatic rings. The van der Waals surface area contributed by atoms with Crippen LogP contribution in [-0.4, -0.2) is 10.2 Å².